The van der Waals surface area contributed by atoms with Gasteiger partial charge in [0.25, 0.3) is 0 Å². The van der Waals surface area contributed by atoms with Crippen LogP contribution in [-0.2, 0) is 10.0 Å². The SMILES string of the molecule is C[C@H]1CN(CC2CCCN(S(C)(=O)=O)C2)CCN1. The summed E-state index contributed by atoms with van der Waals surface area (Å²) in [7, 11) is -3.01. The Bertz CT molecular complexity index is 372. The molecule has 2 aliphatic heterocycles. The van der Waals surface area contributed by atoms with E-state index in [-0.39, 0.29) is 0 Å². The summed E-state index contributed by atoms with van der Waals surface area (Å²) < 4.78 is 24.8. The topological polar surface area (TPSA) is 52.7 Å². The van der Waals surface area contributed by atoms with E-state index >= 15 is 0 Å². The maximum absolute atomic E-state index is 11.6. The molecule has 0 aliphatic carbocycles. The summed E-state index contributed by atoms with van der Waals surface area (Å²) in [5.41, 5.74) is 0. The first kappa shape index (κ1) is 14.2. The van der Waals surface area contributed by atoms with Crippen LogP contribution < -0.4 is 5.32 Å². The third-order valence-electron chi connectivity index (χ3n) is 3.92. The molecule has 1 N–H and O–H groups in total. The zero-order chi connectivity index (χ0) is 13.2. The van der Waals surface area contributed by atoms with Crippen LogP contribution in [0.5, 0.6) is 0 Å². The molecule has 0 aromatic rings. The van der Waals surface area contributed by atoms with E-state index in [1.165, 1.54) is 6.26 Å². The smallest absolute Gasteiger partial charge is 0.211 e. The van der Waals surface area contributed by atoms with Gasteiger partial charge in [-0.2, -0.15) is 0 Å². The molecule has 0 spiro atoms. The van der Waals surface area contributed by atoms with Crippen molar-refractivity contribution in [2.45, 2.75) is 25.8 Å². The molecular weight excluding hydrogens is 250 g/mol. The van der Waals surface area contributed by atoms with Crippen molar-refractivity contribution >= 4 is 10.0 Å². The van der Waals surface area contributed by atoms with Crippen molar-refractivity contribution < 1.29 is 8.42 Å². The minimum atomic E-state index is -3.01. The third-order valence-corrected chi connectivity index (χ3v) is 5.19. The molecule has 6 heteroatoms. The summed E-state index contributed by atoms with van der Waals surface area (Å²) in [6, 6.07) is 0.549. The van der Waals surface area contributed by atoms with Crippen LogP contribution >= 0.6 is 0 Å². The number of hydrogen-bond acceptors (Lipinski definition) is 4. The van der Waals surface area contributed by atoms with Gasteiger partial charge < -0.3 is 10.2 Å². The number of nitrogens with zero attached hydrogens (tertiary/aromatic N) is 2. The first-order valence-corrected chi connectivity index (χ1v) is 8.71. The molecule has 2 aliphatic rings. The highest BCUT2D eigenvalue weighted by Crippen LogP contribution is 2.20. The van der Waals surface area contributed by atoms with Crippen molar-refractivity contribution in [3.8, 4) is 0 Å². The molecule has 1 unspecified atom stereocenters. The minimum Gasteiger partial charge on any atom is -0.312 e. The predicted molar refractivity (Wildman–Crippen MR) is 73.0 cm³/mol. The zero-order valence-corrected chi connectivity index (χ0v) is 12.2. The molecule has 0 radical (unpaired) electrons. The summed E-state index contributed by atoms with van der Waals surface area (Å²) in [4.78, 5) is 2.47. The summed E-state index contributed by atoms with van der Waals surface area (Å²) in [6.45, 7) is 7.86. The number of hydrogen-bond donors (Lipinski definition) is 1. The summed E-state index contributed by atoms with van der Waals surface area (Å²) in [5, 5.41) is 3.43. The Kier molecular flexibility index (Phi) is 4.64. The average molecular weight is 275 g/mol. The van der Waals surface area contributed by atoms with E-state index in [0.717, 1.165) is 39.0 Å². The van der Waals surface area contributed by atoms with Crippen molar-refractivity contribution in [1.29, 1.82) is 0 Å². The van der Waals surface area contributed by atoms with Crippen molar-refractivity contribution in [3.05, 3.63) is 0 Å². The Morgan fingerprint density at radius 2 is 2.06 bits per heavy atom. The fourth-order valence-corrected chi connectivity index (χ4v) is 3.96. The van der Waals surface area contributed by atoms with Crippen LogP contribution in [0.15, 0.2) is 0 Å². The van der Waals surface area contributed by atoms with E-state index in [1.807, 2.05) is 0 Å². The molecule has 0 amide bonds. The number of piperidine rings is 1. The lowest BCUT2D eigenvalue weighted by Gasteiger charge is -2.37. The highest BCUT2D eigenvalue weighted by Gasteiger charge is 2.28. The minimum absolute atomic E-state index is 0.499. The van der Waals surface area contributed by atoms with Crippen LogP contribution in [0.2, 0.25) is 0 Å². The second-order valence-corrected chi connectivity index (χ2v) is 7.73. The first-order chi connectivity index (χ1) is 8.45. The maximum Gasteiger partial charge on any atom is 0.211 e. The molecule has 2 atom stereocenters. The first-order valence-electron chi connectivity index (χ1n) is 6.86. The van der Waals surface area contributed by atoms with Crippen LogP contribution in [0.4, 0.5) is 0 Å². The van der Waals surface area contributed by atoms with Gasteiger partial charge in [0.15, 0.2) is 0 Å². The fourth-order valence-electron chi connectivity index (χ4n) is 3.02. The largest absolute Gasteiger partial charge is 0.312 e. The van der Waals surface area contributed by atoms with E-state index < -0.39 is 10.0 Å². The van der Waals surface area contributed by atoms with Gasteiger partial charge in [-0.25, -0.2) is 12.7 Å². The van der Waals surface area contributed by atoms with E-state index in [4.69, 9.17) is 0 Å². The second kappa shape index (κ2) is 5.86. The Balaban J connectivity index is 1.86. The van der Waals surface area contributed by atoms with Crippen molar-refractivity contribution in [3.63, 3.8) is 0 Å². The monoisotopic (exact) mass is 275 g/mol. The van der Waals surface area contributed by atoms with E-state index in [1.54, 1.807) is 4.31 Å². The van der Waals surface area contributed by atoms with Crippen LogP contribution in [0, 0.1) is 5.92 Å². The molecular formula is C12H25N3O2S. The Morgan fingerprint density at radius 1 is 1.28 bits per heavy atom. The molecule has 106 valence electrons. The lowest BCUT2D eigenvalue weighted by atomic mass is 9.98. The predicted octanol–water partition coefficient (Wildman–Crippen LogP) is -0.0483. The van der Waals surface area contributed by atoms with Gasteiger partial charge in [-0.1, -0.05) is 0 Å². The molecule has 2 saturated heterocycles. The Hall–Kier alpha value is -0.170. The normalized spacial score (nSPS) is 32.6. The van der Waals surface area contributed by atoms with Crippen molar-refractivity contribution in [2.75, 3.05) is 45.5 Å². The standard InChI is InChI=1S/C12H25N3O2S/c1-11-8-14(7-5-13-11)9-12-4-3-6-15(10-12)18(2,16)17/h11-13H,3-10H2,1-2H3/t11-,12?/m0/s1. The van der Waals surface area contributed by atoms with Gasteiger partial charge >= 0.3 is 0 Å². The van der Waals surface area contributed by atoms with Gasteiger partial charge in [0.05, 0.1) is 6.26 Å². The molecule has 0 bridgehead atoms. The second-order valence-electron chi connectivity index (χ2n) is 5.74. The fraction of sp³-hybridized carbons (Fsp3) is 1.00. The number of piperazine rings is 1. The van der Waals surface area contributed by atoms with E-state index in [2.05, 4.69) is 17.1 Å². The Morgan fingerprint density at radius 3 is 2.72 bits per heavy atom. The molecule has 2 fully saturated rings. The summed E-state index contributed by atoms with van der Waals surface area (Å²) in [6.07, 6.45) is 3.48. The molecule has 0 aromatic carbocycles. The highest BCUT2D eigenvalue weighted by molar-refractivity contribution is 7.88. The van der Waals surface area contributed by atoms with Crippen molar-refractivity contribution in [2.24, 2.45) is 5.92 Å². The van der Waals surface area contributed by atoms with Crippen LogP contribution in [-0.4, -0.2) is 69.2 Å². The van der Waals surface area contributed by atoms with Gasteiger partial charge in [-0.15, -0.1) is 0 Å². The number of nitrogens with one attached hydrogen (secondary N) is 1. The molecule has 2 heterocycles. The molecule has 18 heavy (non-hydrogen) atoms. The van der Waals surface area contributed by atoms with Gasteiger partial charge in [-0.05, 0) is 25.7 Å². The quantitative estimate of drug-likeness (QED) is 0.785. The number of rotatable bonds is 3. The zero-order valence-electron chi connectivity index (χ0n) is 11.4. The van der Waals surface area contributed by atoms with Gasteiger partial charge in [0.2, 0.25) is 10.0 Å². The van der Waals surface area contributed by atoms with E-state index in [9.17, 15) is 8.42 Å². The molecule has 2 rings (SSSR count). The van der Waals surface area contributed by atoms with Crippen molar-refractivity contribution in [1.82, 2.24) is 14.5 Å². The molecule has 0 aromatic heterocycles. The van der Waals surface area contributed by atoms with Gasteiger partial charge in [0, 0.05) is 45.3 Å². The lowest BCUT2D eigenvalue weighted by molar-refractivity contribution is 0.148. The highest BCUT2D eigenvalue weighted by atomic mass is 32.2. The molecule has 5 nitrogen and oxygen atoms in total. The van der Waals surface area contributed by atoms with Crippen LogP contribution in [0.1, 0.15) is 19.8 Å². The van der Waals surface area contributed by atoms with Gasteiger partial charge in [-0.3, -0.25) is 0 Å². The van der Waals surface area contributed by atoms with Gasteiger partial charge in [0.1, 0.15) is 0 Å². The molecule has 0 saturated carbocycles. The average Bonchev–Trinajstić information content (AvgIpc) is 2.28. The number of sulfonamides is 1. The Labute approximate surface area is 111 Å². The van der Waals surface area contributed by atoms with Crippen LogP contribution in [0.3, 0.4) is 0 Å². The van der Waals surface area contributed by atoms with Crippen LogP contribution in [0.25, 0.3) is 0 Å². The third kappa shape index (κ3) is 3.91. The maximum atomic E-state index is 11.6. The lowest BCUT2D eigenvalue weighted by Crippen LogP contribution is -2.52. The summed E-state index contributed by atoms with van der Waals surface area (Å²) in [5.74, 6) is 0.499. The van der Waals surface area contributed by atoms with E-state index in [0.29, 0.717) is 25.0 Å². The summed E-state index contributed by atoms with van der Waals surface area (Å²) >= 11 is 0.